The number of ether oxygens (including phenoxy) is 1. The number of furan rings is 1. The zero-order chi connectivity index (χ0) is 21.0. The van der Waals surface area contributed by atoms with Crippen molar-refractivity contribution in [3.63, 3.8) is 0 Å². The predicted molar refractivity (Wildman–Crippen MR) is 113 cm³/mol. The first-order valence-corrected chi connectivity index (χ1v) is 10.8. The van der Waals surface area contributed by atoms with Crippen LogP contribution in [0.5, 0.6) is 0 Å². The third-order valence-electron chi connectivity index (χ3n) is 4.18. The molecule has 2 heterocycles. The number of hydrogen-bond donors (Lipinski definition) is 0. The number of aryl methyl sites for hydroxylation is 1. The number of rotatable bonds is 7. The molecular formula is C21H21NO5S2. The van der Waals surface area contributed by atoms with Crippen LogP contribution in [0.15, 0.2) is 55.7 Å². The van der Waals surface area contributed by atoms with E-state index in [2.05, 4.69) is 0 Å². The smallest absolute Gasteiger partial charge is 0.326 e. The molecule has 1 atom stereocenters. The minimum Gasteiger partial charge on any atom is -0.461 e. The normalized spacial score (nSPS) is 16.5. The average molecular weight is 432 g/mol. The molecule has 1 aromatic heterocycles. The highest BCUT2D eigenvalue weighted by molar-refractivity contribution is 8.18. The van der Waals surface area contributed by atoms with Crippen molar-refractivity contribution in [2.45, 2.75) is 43.3 Å². The van der Waals surface area contributed by atoms with Crippen molar-refractivity contribution in [1.82, 2.24) is 4.90 Å². The van der Waals surface area contributed by atoms with Gasteiger partial charge < -0.3 is 9.15 Å². The number of thioether (sulfide) groups is 1. The van der Waals surface area contributed by atoms with Crippen molar-refractivity contribution in [3.8, 4) is 0 Å². The summed E-state index contributed by atoms with van der Waals surface area (Å²) in [5, 5.41) is 0.180. The minimum absolute atomic E-state index is 0.215. The molecule has 2 amide bonds. The van der Waals surface area contributed by atoms with Gasteiger partial charge in [-0.2, -0.15) is 0 Å². The Balaban J connectivity index is 1.65. The summed E-state index contributed by atoms with van der Waals surface area (Å²) in [5.41, 5.74) is 1.18. The Morgan fingerprint density at radius 1 is 1.24 bits per heavy atom. The zero-order valence-corrected chi connectivity index (χ0v) is 18.0. The van der Waals surface area contributed by atoms with Crippen LogP contribution in [-0.2, 0) is 14.3 Å². The number of amides is 2. The molecular weight excluding hydrogens is 410 g/mol. The van der Waals surface area contributed by atoms with Gasteiger partial charge in [0.25, 0.3) is 11.1 Å². The predicted octanol–water partition coefficient (Wildman–Crippen LogP) is 5.12. The first-order valence-electron chi connectivity index (χ1n) is 9.15. The number of benzene rings is 1. The summed E-state index contributed by atoms with van der Waals surface area (Å²) < 4.78 is 10.9. The van der Waals surface area contributed by atoms with Gasteiger partial charge in [-0.1, -0.05) is 36.4 Å². The van der Waals surface area contributed by atoms with Gasteiger partial charge in [-0.15, -0.1) is 0 Å². The molecule has 1 aliphatic heterocycles. The number of hydrogen-bond acceptors (Lipinski definition) is 7. The molecule has 0 aliphatic carbocycles. The Labute approximate surface area is 177 Å². The van der Waals surface area contributed by atoms with Gasteiger partial charge >= 0.3 is 5.97 Å². The van der Waals surface area contributed by atoms with Gasteiger partial charge in [0.15, 0.2) is 5.09 Å². The van der Waals surface area contributed by atoms with E-state index in [0.29, 0.717) is 17.3 Å². The molecule has 3 rings (SSSR count). The maximum absolute atomic E-state index is 12.5. The highest BCUT2D eigenvalue weighted by Gasteiger charge is 2.37. The minimum atomic E-state index is -0.599. The Bertz CT molecular complexity index is 948. The molecule has 0 saturated carbocycles. The van der Waals surface area contributed by atoms with Crippen molar-refractivity contribution < 1.29 is 23.5 Å². The molecule has 1 aromatic carbocycles. The Hall–Kier alpha value is -2.45. The Kier molecular flexibility index (Phi) is 6.87. The lowest BCUT2D eigenvalue weighted by Gasteiger charge is -2.14. The quantitative estimate of drug-likeness (QED) is 0.445. The topological polar surface area (TPSA) is 76.8 Å². The van der Waals surface area contributed by atoms with Gasteiger partial charge in [0.1, 0.15) is 12.3 Å². The van der Waals surface area contributed by atoms with Gasteiger partial charge in [-0.25, -0.2) is 0 Å². The van der Waals surface area contributed by atoms with Crippen molar-refractivity contribution in [3.05, 3.63) is 52.6 Å². The van der Waals surface area contributed by atoms with E-state index in [9.17, 15) is 14.4 Å². The fourth-order valence-corrected chi connectivity index (χ4v) is 4.03. The maximum Gasteiger partial charge on any atom is 0.326 e. The molecule has 8 heteroatoms. The van der Waals surface area contributed by atoms with Crippen LogP contribution in [0, 0.1) is 6.92 Å². The lowest BCUT2D eigenvalue weighted by atomic mass is 10.2. The van der Waals surface area contributed by atoms with Crippen molar-refractivity contribution >= 4 is 46.7 Å². The van der Waals surface area contributed by atoms with E-state index < -0.39 is 17.1 Å². The van der Waals surface area contributed by atoms with Crippen molar-refractivity contribution in [2.75, 3.05) is 6.54 Å². The van der Waals surface area contributed by atoms with Gasteiger partial charge in [-0.05, 0) is 56.3 Å². The van der Waals surface area contributed by atoms with E-state index in [0.717, 1.165) is 21.6 Å². The first-order chi connectivity index (χ1) is 13.9. The molecule has 2 aromatic rings. The van der Waals surface area contributed by atoms with E-state index in [1.54, 1.807) is 13.0 Å². The van der Waals surface area contributed by atoms with E-state index in [1.165, 1.54) is 23.4 Å². The van der Waals surface area contributed by atoms with Crippen LogP contribution in [0.25, 0.3) is 6.08 Å². The lowest BCUT2D eigenvalue weighted by Crippen LogP contribution is -2.35. The molecule has 1 fully saturated rings. The number of nitrogens with zero attached hydrogens (tertiary/aromatic N) is 1. The molecule has 6 nitrogen and oxygen atoms in total. The van der Waals surface area contributed by atoms with E-state index >= 15 is 0 Å². The molecule has 1 saturated heterocycles. The summed E-state index contributed by atoms with van der Waals surface area (Å²) in [6.45, 7) is 5.28. The van der Waals surface area contributed by atoms with Crippen molar-refractivity contribution in [1.29, 1.82) is 0 Å². The molecule has 0 unspecified atom stereocenters. The van der Waals surface area contributed by atoms with Gasteiger partial charge in [0.2, 0.25) is 0 Å². The van der Waals surface area contributed by atoms with Crippen molar-refractivity contribution in [2.24, 2.45) is 0 Å². The standard InChI is InChI=1S/C21H21NO5S2/c1-4-14(3)26-18(23)12-22-20(24)17(29-21(22)25)11-15-7-10-19(27-15)28-16-8-5-13(2)6-9-16/h5-11,14H,4,12H2,1-3H3/b17-11-/t14-/m1/s1. The number of carbonyl (C=O) groups excluding carboxylic acids is 3. The molecule has 0 radical (unpaired) electrons. The highest BCUT2D eigenvalue weighted by atomic mass is 32.2. The van der Waals surface area contributed by atoms with Crippen LogP contribution in [0.2, 0.25) is 0 Å². The summed E-state index contributed by atoms with van der Waals surface area (Å²) in [4.78, 5) is 38.7. The number of carbonyl (C=O) groups is 3. The van der Waals surface area contributed by atoms with Gasteiger partial charge in [0.05, 0.1) is 11.0 Å². The molecule has 29 heavy (non-hydrogen) atoms. The SMILES string of the molecule is CC[C@@H](C)OC(=O)CN1C(=O)S/C(=C\c2ccc(Sc3ccc(C)cc3)o2)C1=O. The van der Waals surface area contributed by atoms with Crippen LogP contribution >= 0.6 is 23.5 Å². The Morgan fingerprint density at radius 3 is 2.66 bits per heavy atom. The average Bonchev–Trinajstić information content (AvgIpc) is 3.23. The van der Waals surface area contributed by atoms with Crippen LogP contribution in [-0.4, -0.2) is 34.7 Å². The largest absolute Gasteiger partial charge is 0.461 e. The van der Waals surface area contributed by atoms with Crippen LogP contribution in [0.4, 0.5) is 4.79 Å². The van der Waals surface area contributed by atoms with Crippen LogP contribution in [0.3, 0.4) is 0 Å². The molecule has 0 bridgehead atoms. The second-order valence-electron chi connectivity index (χ2n) is 6.55. The second-order valence-corrected chi connectivity index (χ2v) is 8.62. The third-order valence-corrected chi connectivity index (χ3v) is 6.02. The van der Waals surface area contributed by atoms with E-state index in [4.69, 9.17) is 9.15 Å². The van der Waals surface area contributed by atoms with E-state index in [-0.39, 0.29) is 17.6 Å². The summed E-state index contributed by atoms with van der Waals surface area (Å²) >= 11 is 2.25. The highest BCUT2D eigenvalue weighted by Crippen LogP contribution is 2.34. The molecule has 0 spiro atoms. The summed E-state index contributed by atoms with van der Waals surface area (Å²) in [6.07, 6.45) is 1.92. The fraction of sp³-hybridized carbons (Fsp3) is 0.286. The molecule has 152 valence electrons. The van der Waals surface area contributed by atoms with E-state index in [1.807, 2.05) is 44.2 Å². The number of imide groups is 1. The summed E-state index contributed by atoms with van der Waals surface area (Å²) in [7, 11) is 0. The summed E-state index contributed by atoms with van der Waals surface area (Å²) in [5.74, 6) is -0.657. The molecule has 0 N–H and O–H groups in total. The first kappa shape index (κ1) is 21.3. The zero-order valence-electron chi connectivity index (χ0n) is 16.3. The summed E-state index contributed by atoms with van der Waals surface area (Å²) in [6, 6.07) is 11.6. The van der Waals surface area contributed by atoms with Gasteiger partial charge in [-0.3, -0.25) is 19.3 Å². The lowest BCUT2D eigenvalue weighted by molar-refractivity contribution is -0.150. The fourth-order valence-electron chi connectivity index (χ4n) is 2.43. The molecule has 1 aliphatic rings. The second kappa shape index (κ2) is 9.37. The number of esters is 1. The van der Waals surface area contributed by atoms with Gasteiger partial charge in [0, 0.05) is 11.0 Å². The monoisotopic (exact) mass is 431 g/mol. The Morgan fingerprint density at radius 2 is 1.97 bits per heavy atom. The maximum atomic E-state index is 12.5. The van der Waals surface area contributed by atoms with Crippen LogP contribution < -0.4 is 0 Å². The third kappa shape index (κ3) is 5.55. The van der Waals surface area contributed by atoms with Crippen LogP contribution in [0.1, 0.15) is 31.6 Å².